The van der Waals surface area contributed by atoms with E-state index in [1.165, 1.54) is 14.2 Å². The molecule has 2 aromatic rings. The molecule has 24 heteroatoms. The number of nitrogens with zero attached hydrogens (tertiary/aromatic N) is 4. The molecule has 544 valence electrons. The van der Waals surface area contributed by atoms with Crippen molar-refractivity contribution < 1.29 is 62.2 Å². The molecule has 1 aliphatic heterocycles. The zero-order valence-electron chi connectivity index (χ0n) is 61.0. The van der Waals surface area contributed by atoms with Gasteiger partial charge in [0.05, 0.1) is 54.3 Å². The van der Waals surface area contributed by atoms with Crippen molar-refractivity contribution in [3.8, 4) is 6.07 Å². The molecule has 24 nitrogen and oxygen atoms in total. The summed E-state index contributed by atoms with van der Waals surface area (Å²) in [4.78, 5) is 155. The molecule has 2 aliphatic rings. The Bertz CT molecular complexity index is 3010. The third-order valence-corrected chi connectivity index (χ3v) is 20.0. The Morgan fingerprint density at radius 2 is 1.36 bits per heavy atom. The lowest BCUT2D eigenvalue weighted by Gasteiger charge is -2.41. The van der Waals surface area contributed by atoms with Crippen LogP contribution < -0.4 is 37.6 Å². The van der Waals surface area contributed by atoms with Gasteiger partial charge in [0.2, 0.25) is 41.4 Å². The van der Waals surface area contributed by atoms with Crippen molar-refractivity contribution in [3.63, 3.8) is 0 Å². The SMILES string of the molecule is CC[C@H](C)[C@@H]([C@@H](CC(=O)N1CCC[C@H]1[C@H](OC)[C@@H](C)C(=O)C[C@@H](Cc1ccccc1)C(=O)NCc1ccc(NC(=O)[C@H](CCCNC(N)=O)CC(=O)[C@@H](NC(=O)CCC(=O)CC2(C#N)CCC(C(=O)NC)CC2)C(C)C)cc1)OC)N(C)C(=O)[C@@H](NC(=O)[C@H](C(C)C)N(C)C)C(C)C. The number of methoxy groups -OCH3 is 2. The van der Waals surface area contributed by atoms with Gasteiger partial charge in [0.25, 0.3) is 0 Å². The van der Waals surface area contributed by atoms with Gasteiger partial charge in [-0.2, -0.15) is 5.26 Å². The van der Waals surface area contributed by atoms with E-state index in [9.17, 15) is 58.0 Å². The number of rotatable bonds is 41. The summed E-state index contributed by atoms with van der Waals surface area (Å²) < 4.78 is 12.2. The van der Waals surface area contributed by atoms with Crippen LogP contribution in [0.1, 0.15) is 170 Å². The van der Waals surface area contributed by atoms with Crippen molar-refractivity contribution in [2.45, 2.75) is 214 Å². The van der Waals surface area contributed by atoms with Gasteiger partial charge in [-0.05, 0) is 119 Å². The molecule has 1 saturated heterocycles. The number of amides is 9. The number of carbonyl (C=O) groups is 11. The second-order valence-electron chi connectivity index (χ2n) is 28.5. The fourth-order valence-electron chi connectivity index (χ4n) is 14.1. The third kappa shape index (κ3) is 24.7. The second-order valence-corrected chi connectivity index (χ2v) is 28.5. The minimum atomic E-state index is -0.989. The number of nitrogens with one attached hydrogen (secondary N) is 6. The van der Waals surface area contributed by atoms with Crippen LogP contribution in [0.15, 0.2) is 54.6 Å². The summed E-state index contributed by atoms with van der Waals surface area (Å²) in [6.07, 6.45) is 2.18. The van der Waals surface area contributed by atoms with Gasteiger partial charge in [-0.25, -0.2) is 4.79 Å². The first kappa shape index (κ1) is 82.8. The first-order valence-corrected chi connectivity index (χ1v) is 35.2. The monoisotopic (exact) mass is 1370 g/mol. The van der Waals surface area contributed by atoms with Crippen LogP contribution in [0.3, 0.4) is 0 Å². The molecule has 0 radical (unpaired) electrons. The van der Waals surface area contributed by atoms with Gasteiger partial charge in [-0.15, -0.1) is 0 Å². The number of primary amides is 1. The highest BCUT2D eigenvalue weighted by Gasteiger charge is 2.45. The van der Waals surface area contributed by atoms with Gasteiger partial charge in [0.15, 0.2) is 5.78 Å². The molecule has 11 atom stereocenters. The first-order chi connectivity index (χ1) is 46.4. The normalized spacial score (nSPS) is 19.3. The van der Waals surface area contributed by atoms with Crippen molar-refractivity contribution in [1.29, 1.82) is 5.26 Å². The molecule has 0 unspecified atom stereocenters. The van der Waals surface area contributed by atoms with E-state index in [4.69, 9.17) is 15.2 Å². The van der Waals surface area contributed by atoms with Crippen molar-refractivity contribution in [1.82, 2.24) is 41.3 Å². The first-order valence-electron chi connectivity index (χ1n) is 35.2. The molecule has 4 rings (SSSR count). The summed E-state index contributed by atoms with van der Waals surface area (Å²) in [6, 6.07) is 14.5. The number of likely N-dealkylation sites (tertiary alicyclic amines) is 1. The van der Waals surface area contributed by atoms with Gasteiger partial charge < -0.3 is 56.9 Å². The van der Waals surface area contributed by atoms with Gasteiger partial charge in [0.1, 0.15) is 17.6 Å². The number of urea groups is 1. The number of nitriles is 1. The van der Waals surface area contributed by atoms with E-state index >= 15 is 0 Å². The molecular weight excluding hydrogens is 1250 g/mol. The molecule has 1 saturated carbocycles. The maximum Gasteiger partial charge on any atom is 0.312 e. The minimum absolute atomic E-state index is 0.00462. The average Bonchev–Trinajstić information content (AvgIpc) is 1.21. The van der Waals surface area contributed by atoms with Gasteiger partial charge in [0, 0.05) is 109 Å². The third-order valence-electron chi connectivity index (χ3n) is 20.0. The van der Waals surface area contributed by atoms with E-state index in [-0.39, 0.29) is 135 Å². The van der Waals surface area contributed by atoms with Crippen LogP contribution in [0.2, 0.25) is 0 Å². The number of nitrogens with two attached hydrogens (primary N) is 1. The van der Waals surface area contributed by atoms with Crippen molar-refractivity contribution >= 4 is 70.4 Å². The smallest absolute Gasteiger partial charge is 0.312 e. The quantitative estimate of drug-likeness (QED) is 0.0328. The molecular formula is C74H115N11O13. The van der Waals surface area contributed by atoms with Crippen LogP contribution >= 0.6 is 0 Å². The largest absolute Gasteiger partial charge is 0.379 e. The number of ether oxygens (including phenoxy) is 2. The molecule has 0 spiro atoms. The van der Waals surface area contributed by atoms with E-state index in [0.717, 1.165) is 5.56 Å². The highest BCUT2D eigenvalue weighted by atomic mass is 16.5. The van der Waals surface area contributed by atoms with Crippen LogP contribution in [0.4, 0.5) is 10.5 Å². The molecule has 98 heavy (non-hydrogen) atoms. The number of hydrogen-bond donors (Lipinski definition) is 7. The number of likely N-dealkylation sites (N-methyl/N-ethyl adjacent to an activating group) is 2. The fraction of sp³-hybridized carbons (Fsp3) is 0.676. The van der Waals surface area contributed by atoms with Gasteiger partial charge in [-0.1, -0.05) is 111 Å². The molecule has 2 aromatic carbocycles. The maximum absolute atomic E-state index is 14.7. The van der Waals surface area contributed by atoms with E-state index in [1.54, 1.807) is 68.9 Å². The summed E-state index contributed by atoms with van der Waals surface area (Å²) in [7, 11) is 10.0. The Labute approximate surface area is 581 Å². The number of ketones is 3. The number of Topliss-reactive ketones (excluding diaryl/α,β-unsaturated/α-hetero) is 3. The van der Waals surface area contributed by atoms with Crippen LogP contribution in [-0.2, 0) is 70.4 Å². The van der Waals surface area contributed by atoms with Crippen molar-refractivity contribution in [2.24, 2.45) is 58.5 Å². The zero-order valence-corrected chi connectivity index (χ0v) is 61.0. The molecule has 0 aromatic heterocycles. The second kappa shape index (κ2) is 40.4. The van der Waals surface area contributed by atoms with Crippen LogP contribution in [0.5, 0.6) is 0 Å². The summed E-state index contributed by atoms with van der Waals surface area (Å²) in [5.41, 5.74) is 6.32. The van der Waals surface area contributed by atoms with Crippen LogP contribution in [-0.4, -0.2) is 177 Å². The lowest BCUT2D eigenvalue weighted by Crippen LogP contribution is -2.59. The van der Waals surface area contributed by atoms with Gasteiger partial charge in [-0.3, -0.25) is 52.8 Å². The molecule has 1 aliphatic carbocycles. The standard InChI is InChI=1S/C74H115N11O13/c1-16-48(8)66(84(13)72(95)64(46(4)5)82-71(94)65(47(6)7)83(11)12)60(97-14)41-62(90)85-37-21-25-57(85)67(98-15)49(9)58(87)40-54(38-50-22-18-17-19-23-50)69(92)79-43-51-26-28-55(29-27-51)80-70(93)53(24-20-36-78-73(76)96)39-59(88)63(45(2)3)81-61(89)31-30-56(86)42-74(44-75)34-32-52(33-35-74)68(91)77-10/h17-19,22-23,26-29,45-49,52-54,57,60,63-67H,16,20-21,24-25,30-43H2,1-15H3,(H,77,91)(H,79,92)(H,80,93)(H,81,89)(H,82,94)(H3,76,78,96)/t48-,49-,52?,53+,54+,57-,60+,63-,64-,65-,66-,67+,74?/m0/s1. The minimum Gasteiger partial charge on any atom is -0.379 e. The Morgan fingerprint density at radius 1 is 0.724 bits per heavy atom. The number of anilines is 1. The molecule has 0 bridgehead atoms. The van der Waals surface area contributed by atoms with E-state index in [1.807, 2.05) is 90.9 Å². The average molecular weight is 1370 g/mol. The lowest BCUT2D eigenvalue weighted by molar-refractivity contribution is -0.148. The Hall–Kier alpha value is -7.62. The molecule has 1 heterocycles. The van der Waals surface area contributed by atoms with Crippen LogP contribution in [0.25, 0.3) is 0 Å². The number of benzene rings is 2. The molecule has 2 fully saturated rings. The highest BCUT2D eigenvalue weighted by Crippen LogP contribution is 2.42. The molecule has 9 amide bonds. The topological polar surface area (TPSA) is 338 Å². The van der Waals surface area contributed by atoms with Gasteiger partial charge >= 0.3 is 6.03 Å². The summed E-state index contributed by atoms with van der Waals surface area (Å²) in [5.74, 6) is -6.42. The van der Waals surface area contributed by atoms with Crippen molar-refractivity contribution in [3.05, 3.63) is 65.7 Å². The Balaban J connectivity index is 1.43. The Kier molecular flexibility index (Phi) is 34.2. The Morgan fingerprint density at radius 3 is 1.91 bits per heavy atom. The lowest BCUT2D eigenvalue weighted by atomic mass is 9.68. The predicted octanol–water partition coefficient (Wildman–Crippen LogP) is 7.06. The van der Waals surface area contributed by atoms with Crippen LogP contribution in [0, 0.1) is 64.1 Å². The maximum atomic E-state index is 14.7. The highest BCUT2D eigenvalue weighted by molar-refractivity contribution is 5.98. The van der Waals surface area contributed by atoms with Crippen molar-refractivity contribution in [2.75, 3.05) is 60.8 Å². The zero-order chi connectivity index (χ0) is 73.1. The summed E-state index contributed by atoms with van der Waals surface area (Å²) in [6.45, 7) is 17.7. The number of carbonyl (C=O) groups excluding carboxylic acids is 11. The summed E-state index contributed by atoms with van der Waals surface area (Å²) in [5, 5.41) is 26.9. The van der Waals surface area contributed by atoms with E-state index < -0.39 is 89.2 Å². The molecule has 8 N–H and O–H groups in total. The number of hydrogen-bond acceptors (Lipinski definition) is 15. The predicted molar refractivity (Wildman–Crippen MR) is 375 cm³/mol. The fourth-order valence-corrected chi connectivity index (χ4v) is 14.1. The summed E-state index contributed by atoms with van der Waals surface area (Å²) >= 11 is 0. The van der Waals surface area contributed by atoms with E-state index in [0.29, 0.717) is 69.2 Å². The van der Waals surface area contributed by atoms with E-state index in [2.05, 4.69) is 38.0 Å².